The van der Waals surface area contributed by atoms with Crippen LogP contribution in [0.5, 0.6) is 0 Å². The first-order chi connectivity index (χ1) is 7.75. The van der Waals surface area contributed by atoms with Crippen LogP contribution in [0.4, 0.5) is 10.2 Å². The van der Waals surface area contributed by atoms with Crippen molar-refractivity contribution in [2.24, 2.45) is 0 Å². The third-order valence-electron chi connectivity index (χ3n) is 2.13. The highest BCUT2D eigenvalue weighted by molar-refractivity contribution is 9.10. The first-order valence-electron chi connectivity index (χ1n) is 4.85. The number of benzene rings is 1. The molecule has 0 saturated heterocycles. The minimum absolute atomic E-state index is 0.475. The molecule has 0 aliphatic rings. The second-order valence-corrected chi connectivity index (χ2v) is 4.14. The zero-order chi connectivity index (χ0) is 11.4. The first kappa shape index (κ1) is 11.1. The summed E-state index contributed by atoms with van der Waals surface area (Å²) >= 11 is 3.45. The molecule has 0 radical (unpaired) electrons. The molecule has 1 N–H and O–H groups in total. The van der Waals surface area contributed by atoms with Crippen molar-refractivity contribution in [2.75, 3.05) is 5.32 Å². The molecule has 0 amide bonds. The molecule has 0 unspecified atom stereocenters. The van der Waals surface area contributed by atoms with E-state index < -0.39 is 5.95 Å². The molecule has 1 heterocycles. The van der Waals surface area contributed by atoms with E-state index in [4.69, 9.17) is 0 Å². The van der Waals surface area contributed by atoms with Gasteiger partial charge in [-0.2, -0.15) is 4.39 Å². The van der Waals surface area contributed by atoms with Crippen molar-refractivity contribution >= 4 is 21.7 Å². The highest BCUT2D eigenvalue weighted by Gasteiger charge is 1.99. The molecular formula is C12H10BrFN2. The van der Waals surface area contributed by atoms with Crippen LogP contribution in [0.15, 0.2) is 46.9 Å². The Bertz CT molecular complexity index is 488. The van der Waals surface area contributed by atoms with Crippen LogP contribution in [-0.2, 0) is 6.54 Å². The summed E-state index contributed by atoms with van der Waals surface area (Å²) in [6.45, 7) is 0.609. The molecule has 0 spiro atoms. The summed E-state index contributed by atoms with van der Waals surface area (Å²) in [5.41, 5.74) is 1.11. The maximum absolute atomic E-state index is 12.8. The lowest BCUT2D eigenvalue weighted by Crippen LogP contribution is -2.02. The van der Waals surface area contributed by atoms with Crippen LogP contribution in [0.3, 0.4) is 0 Å². The van der Waals surface area contributed by atoms with Gasteiger partial charge < -0.3 is 5.32 Å². The van der Waals surface area contributed by atoms with Crippen molar-refractivity contribution in [2.45, 2.75) is 6.54 Å². The average molecular weight is 281 g/mol. The summed E-state index contributed by atoms with van der Waals surface area (Å²) in [5.74, 6) is 0.0629. The van der Waals surface area contributed by atoms with E-state index in [1.54, 1.807) is 12.1 Å². The van der Waals surface area contributed by atoms with Gasteiger partial charge in [0.2, 0.25) is 5.95 Å². The van der Waals surface area contributed by atoms with Crippen molar-refractivity contribution in [3.63, 3.8) is 0 Å². The predicted octanol–water partition coefficient (Wildman–Crippen LogP) is 3.60. The third kappa shape index (κ3) is 2.79. The minimum atomic E-state index is -0.475. The van der Waals surface area contributed by atoms with Crippen molar-refractivity contribution < 1.29 is 4.39 Å². The van der Waals surface area contributed by atoms with Gasteiger partial charge in [-0.1, -0.05) is 40.2 Å². The Kier molecular flexibility index (Phi) is 3.51. The van der Waals surface area contributed by atoms with Gasteiger partial charge in [0.1, 0.15) is 5.82 Å². The Labute approximate surface area is 102 Å². The molecule has 0 fully saturated rings. The van der Waals surface area contributed by atoms with Crippen LogP contribution < -0.4 is 5.32 Å². The minimum Gasteiger partial charge on any atom is -0.366 e. The van der Waals surface area contributed by atoms with E-state index in [0.29, 0.717) is 12.4 Å². The number of pyridine rings is 1. The van der Waals surface area contributed by atoms with Crippen LogP contribution in [0.1, 0.15) is 5.56 Å². The summed E-state index contributed by atoms with van der Waals surface area (Å²) in [4.78, 5) is 3.72. The molecular weight excluding hydrogens is 271 g/mol. The van der Waals surface area contributed by atoms with E-state index in [0.717, 1.165) is 10.0 Å². The summed E-state index contributed by atoms with van der Waals surface area (Å²) in [7, 11) is 0. The fourth-order valence-electron chi connectivity index (χ4n) is 1.33. The van der Waals surface area contributed by atoms with Crippen LogP contribution in [0.2, 0.25) is 0 Å². The van der Waals surface area contributed by atoms with E-state index in [-0.39, 0.29) is 0 Å². The first-order valence-corrected chi connectivity index (χ1v) is 5.65. The molecule has 0 saturated carbocycles. The van der Waals surface area contributed by atoms with Crippen LogP contribution >= 0.6 is 15.9 Å². The summed E-state index contributed by atoms with van der Waals surface area (Å²) in [5, 5.41) is 3.06. The van der Waals surface area contributed by atoms with Gasteiger partial charge in [-0.25, -0.2) is 4.98 Å². The highest BCUT2D eigenvalue weighted by Crippen LogP contribution is 2.17. The number of nitrogens with one attached hydrogen (secondary N) is 1. The van der Waals surface area contributed by atoms with Crippen molar-refractivity contribution in [1.82, 2.24) is 4.98 Å². The van der Waals surface area contributed by atoms with Crippen molar-refractivity contribution in [1.29, 1.82) is 0 Å². The fourth-order valence-corrected chi connectivity index (χ4v) is 1.76. The molecule has 0 bridgehead atoms. The number of nitrogens with zero attached hydrogens (tertiary/aromatic N) is 1. The Balaban J connectivity index is 2.05. The average Bonchev–Trinajstić information content (AvgIpc) is 2.28. The molecule has 16 heavy (non-hydrogen) atoms. The summed E-state index contributed by atoms with van der Waals surface area (Å²) < 4.78 is 13.8. The molecule has 0 aliphatic heterocycles. The van der Waals surface area contributed by atoms with Crippen LogP contribution in [0.25, 0.3) is 0 Å². The Morgan fingerprint density at radius 3 is 2.69 bits per heavy atom. The lowest BCUT2D eigenvalue weighted by molar-refractivity contribution is 0.585. The number of anilines is 1. The predicted molar refractivity (Wildman–Crippen MR) is 65.7 cm³/mol. The Morgan fingerprint density at radius 1 is 1.12 bits per heavy atom. The lowest BCUT2D eigenvalue weighted by atomic mass is 10.2. The van der Waals surface area contributed by atoms with Crippen LogP contribution in [-0.4, -0.2) is 4.98 Å². The van der Waals surface area contributed by atoms with Crippen molar-refractivity contribution in [3.8, 4) is 0 Å². The number of hydrogen-bond acceptors (Lipinski definition) is 2. The monoisotopic (exact) mass is 280 g/mol. The van der Waals surface area contributed by atoms with Gasteiger partial charge in [-0.3, -0.25) is 0 Å². The van der Waals surface area contributed by atoms with E-state index in [9.17, 15) is 4.39 Å². The van der Waals surface area contributed by atoms with Gasteiger partial charge >= 0.3 is 0 Å². The van der Waals surface area contributed by atoms with Gasteiger partial charge in [0.05, 0.1) is 0 Å². The third-order valence-corrected chi connectivity index (χ3v) is 2.91. The second kappa shape index (κ2) is 5.07. The number of hydrogen-bond donors (Lipinski definition) is 1. The molecule has 2 rings (SSSR count). The van der Waals surface area contributed by atoms with Crippen molar-refractivity contribution in [3.05, 3.63) is 58.4 Å². The van der Waals surface area contributed by atoms with E-state index in [2.05, 4.69) is 26.2 Å². The van der Waals surface area contributed by atoms with E-state index in [1.165, 1.54) is 6.07 Å². The number of halogens is 2. The molecule has 1 aromatic heterocycles. The van der Waals surface area contributed by atoms with Gasteiger partial charge in [0.25, 0.3) is 0 Å². The second-order valence-electron chi connectivity index (χ2n) is 3.29. The molecule has 0 atom stereocenters. The lowest BCUT2D eigenvalue weighted by Gasteiger charge is -2.06. The molecule has 82 valence electrons. The zero-order valence-electron chi connectivity index (χ0n) is 8.45. The van der Waals surface area contributed by atoms with Crippen LogP contribution in [0, 0.1) is 5.95 Å². The standard InChI is InChI=1S/C12H10BrFN2/c13-10-5-2-1-4-9(10)8-15-12-7-3-6-11(14)16-12/h1-7H,8H2,(H,15,16). The zero-order valence-corrected chi connectivity index (χ0v) is 10.0. The fraction of sp³-hybridized carbons (Fsp3) is 0.0833. The topological polar surface area (TPSA) is 24.9 Å². The summed E-state index contributed by atoms with van der Waals surface area (Å²) in [6.07, 6.45) is 0. The highest BCUT2D eigenvalue weighted by atomic mass is 79.9. The molecule has 0 aliphatic carbocycles. The largest absolute Gasteiger partial charge is 0.366 e. The quantitative estimate of drug-likeness (QED) is 0.869. The Hall–Kier alpha value is -1.42. The van der Waals surface area contributed by atoms with Gasteiger partial charge in [-0.15, -0.1) is 0 Å². The molecule has 4 heteroatoms. The molecule has 1 aromatic carbocycles. The van der Waals surface area contributed by atoms with E-state index in [1.807, 2.05) is 24.3 Å². The maximum atomic E-state index is 12.8. The maximum Gasteiger partial charge on any atom is 0.214 e. The normalized spacial score (nSPS) is 10.1. The number of rotatable bonds is 3. The smallest absolute Gasteiger partial charge is 0.214 e. The van der Waals surface area contributed by atoms with Gasteiger partial charge in [-0.05, 0) is 23.8 Å². The number of aromatic nitrogens is 1. The Morgan fingerprint density at radius 2 is 1.94 bits per heavy atom. The van der Waals surface area contributed by atoms with Gasteiger partial charge in [0.15, 0.2) is 0 Å². The summed E-state index contributed by atoms with van der Waals surface area (Å²) in [6, 6.07) is 12.6. The molecule has 2 aromatic rings. The van der Waals surface area contributed by atoms with Gasteiger partial charge in [0, 0.05) is 11.0 Å². The molecule has 2 nitrogen and oxygen atoms in total. The van der Waals surface area contributed by atoms with E-state index >= 15 is 0 Å². The SMILES string of the molecule is Fc1cccc(NCc2ccccc2Br)n1.